The number of hydrogen-bond donors (Lipinski definition) is 0. The van der Waals surface area contributed by atoms with Crippen LogP contribution >= 0.6 is 0 Å². The van der Waals surface area contributed by atoms with E-state index >= 15 is 0 Å². The summed E-state index contributed by atoms with van der Waals surface area (Å²) in [4.78, 5) is 0. The Morgan fingerprint density at radius 3 is 1.10 bits per heavy atom. The van der Waals surface area contributed by atoms with E-state index in [0.717, 1.165) is 12.8 Å². The average molecular weight is 492 g/mol. The van der Waals surface area contributed by atoms with Crippen LogP contribution in [0.15, 0.2) is 35.5 Å². The molecule has 0 atom stereocenters. The Balaban J connectivity index is -0.000000270. The molecule has 0 aromatic carbocycles. The van der Waals surface area contributed by atoms with Gasteiger partial charge in [-0.1, -0.05) is 41.5 Å². The van der Waals surface area contributed by atoms with Gasteiger partial charge in [0.15, 0.2) is 0 Å². The Kier molecular flexibility index (Phi) is 13.8. The standard InChI is InChI=1S/2C9H13.2ClH.Hf/c2*1-9(2,3)8-6-4-5-7-8;;;/h2*4,6H,5H2,1-3H3;2*1H;/q2*-1;;;+4/p-2. The molecule has 0 nitrogen and oxygen atoms in total. The van der Waals surface area contributed by atoms with Crippen LogP contribution in [0.25, 0.3) is 0 Å². The van der Waals surface area contributed by atoms with Gasteiger partial charge in [0.05, 0.1) is 0 Å². The molecule has 3 heteroatoms. The maximum absolute atomic E-state index is 3.30. The zero-order valence-corrected chi connectivity index (χ0v) is 19.1. The molecular weight excluding hydrogens is 466 g/mol. The van der Waals surface area contributed by atoms with Gasteiger partial charge in [-0.2, -0.15) is 12.2 Å². The molecule has 0 N–H and O–H groups in total. The largest absolute Gasteiger partial charge is 4.00 e. The normalized spacial score (nSPS) is 15.7. The molecule has 0 fully saturated rings. The van der Waals surface area contributed by atoms with E-state index in [-0.39, 0.29) is 50.7 Å². The molecule has 0 aliphatic heterocycles. The molecular formula is C18H26Cl2Hf. The molecule has 0 heterocycles. The molecule has 0 aromatic heterocycles. The van der Waals surface area contributed by atoms with Gasteiger partial charge in [0, 0.05) is 0 Å². The van der Waals surface area contributed by atoms with Crippen molar-refractivity contribution in [3.05, 3.63) is 47.6 Å². The molecule has 0 saturated carbocycles. The molecule has 0 unspecified atom stereocenters. The van der Waals surface area contributed by atoms with Crippen LogP contribution in [0, 0.1) is 23.0 Å². The Bertz CT molecular complexity index is 362. The van der Waals surface area contributed by atoms with Gasteiger partial charge in [0.2, 0.25) is 0 Å². The molecule has 116 valence electrons. The molecule has 0 amide bonds. The van der Waals surface area contributed by atoms with Crippen LogP contribution < -0.4 is 24.8 Å². The molecule has 2 rings (SSSR count). The summed E-state index contributed by atoms with van der Waals surface area (Å²) in [7, 11) is 0. The van der Waals surface area contributed by atoms with Crippen LogP contribution in [0.1, 0.15) is 54.4 Å². The van der Waals surface area contributed by atoms with Crippen LogP contribution in [0.2, 0.25) is 0 Å². The second-order valence-electron chi connectivity index (χ2n) is 6.89. The molecule has 2 aliphatic carbocycles. The zero-order chi connectivity index (χ0) is 13.8. The molecule has 0 aromatic rings. The summed E-state index contributed by atoms with van der Waals surface area (Å²) < 4.78 is 0. The summed E-state index contributed by atoms with van der Waals surface area (Å²) in [5.41, 5.74) is 3.30. The summed E-state index contributed by atoms with van der Waals surface area (Å²) in [6.07, 6.45) is 17.3. The van der Waals surface area contributed by atoms with Gasteiger partial charge in [-0.05, 0) is 10.8 Å². The van der Waals surface area contributed by atoms with Gasteiger partial charge in [-0.15, -0.1) is 12.8 Å². The van der Waals surface area contributed by atoms with Gasteiger partial charge >= 0.3 is 25.8 Å². The monoisotopic (exact) mass is 492 g/mol. The van der Waals surface area contributed by atoms with E-state index in [9.17, 15) is 0 Å². The smallest absolute Gasteiger partial charge is 1.00 e. The maximum atomic E-state index is 3.30. The van der Waals surface area contributed by atoms with Crippen LogP contribution in [0.3, 0.4) is 0 Å². The minimum absolute atomic E-state index is 0. The SMILES string of the molecule is CC(C)(C)C1=[C-]CC=C1.CC(C)(C)C1=[C-]CC=C1.[Cl-].[Cl-].[Hf+4]. The van der Waals surface area contributed by atoms with Crippen LogP contribution in [-0.4, -0.2) is 0 Å². The van der Waals surface area contributed by atoms with E-state index in [2.05, 4.69) is 78.0 Å². The van der Waals surface area contributed by atoms with Crippen molar-refractivity contribution >= 4 is 0 Å². The van der Waals surface area contributed by atoms with E-state index in [4.69, 9.17) is 0 Å². The summed E-state index contributed by atoms with van der Waals surface area (Å²) in [5.74, 6) is 0. The summed E-state index contributed by atoms with van der Waals surface area (Å²) in [5, 5.41) is 0. The minimum Gasteiger partial charge on any atom is -1.00 e. The summed E-state index contributed by atoms with van der Waals surface area (Å²) in [6.45, 7) is 13.3. The Labute approximate surface area is 162 Å². The van der Waals surface area contributed by atoms with Crippen LogP contribution in [0.4, 0.5) is 0 Å². The third-order valence-electron chi connectivity index (χ3n) is 3.01. The predicted octanol–water partition coefficient (Wildman–Crippen LogP) is -0.551. The van der Waals surface area contributed by atoms with Crippen molar-refractivity contribution in [3.63, 3.8) is 0 Å². The fourth-order valence-electron chi connectivity index (χ4n) is 1.84. The zero-order valence-electron chi connectivity index (χ0n) is 14.0. The van der Waals surface area contributed by atoms with E-state index in [1.165, 1.54) is 11.1 Å². The Morgan fingerprint density at radius 1 is 0.714 bits per heavy atom. The fraction of sp³-hybridized carbons (Fsp3) is 0.556. The van der Waals surface area contributed by atoms with Gasteiger partial charge in [-0.3, -0.25) is 12.2 Å². The van der Waals surface area contributed by atoms with Crippen LogP contribution in [-0.2, 0) is 25.8 Å². The summed E-state index contributed by atoms with van der Waals surface area (Å²) in [6, 6.07) is 0. The minimum atomic E-state index is 0. The maximum Gasteiger partial charge on any atom is 4.00 e. The first-order valence-electron chi connectivity index (χ1n) is 6.77. The quantitative estimate of drug-likeness (QED) is 0.315. The molecule has 0 saturated heterocycles. The van der Waals surface area contributed by atoms with E-state index < -0.39 is 0 Å². The predicted molar refractivity (Wildman–Crippen MR) is 79.9 cm³/mol. The number of rotatable bonds is 0. The van der Waals surface area contributed by atoms with Gasteiger partial charge in [0.1, 0.15) is 0 Å². The van der Waals surface area contributed by atoms with Crippen molar-refractivity contribution in [3.8, 4) is 0 Å². The van der Waals surface area contributed by atoms with Crippen molar-refractivity contribution in [1.29, 1.82) is 0 Å². The number of allylic oxidation sites excluding steroid dienone is 8. The first-order valence-corrected chi connectivity index (χ1v) is 6.77. The number of halogens is 2. The average Bonchev–Trinajstić information content (AvgIpc) is 2.91. The van der Waals surface area contributed by atoms with Crippen molar-refractivity contribution in [2.75, 3.05) is 0 Å². The van der Waals surface area contributed by atoms with E-state index in [0.29, 0.717) is 10.8 Å². The topological polar surface area (TPSA) is 0 Å². The van der Waals surface area contributed by atoms with E-state index in [1.54, 1.807) is 0 Å². The van der Waals surface area contributed by atoms with Gasteiger partial charge < -0.3 is 24.8 Å². The molecule has 2 aliphatic rings. The molecule has 21 heavy (non-hydrogen) atoms. The van der Waals surface area contributed by atoms with Gasteiger partial charge in [-0.25, -0.2) is 23.3 Å². The van der Waals surface area contributed by atoms with Gasteiger partial charge in [0.25, 0.3) is 0 Å². The fourth-order valence-corrected chi connectivity index (χ4v) is 1.84. The Hall–Kier alpha value is 0.410. The first kappa shape index (κ1) is 26.3. The third kappa shape index (κ3) is 9.92. The van der Waals surface area contributed by atoms with E-state index in [1.807, 2.05) is 0 Å². The molecule has 0 spiro atoms. The molecule has 0 bridgehead atoms. The third-order valence-corrected chi connectivity index (χ3v) is 3.01. The second-order valence-corrected chi connectivity index (χ2v) is 6.89. The van der Waals surface area contributed by atoms with Crippen molar-refractivity contribution in [1.82, 2.24) is 0 Å². The Morgan fingerprint density at radius 2 is 1.00 bits per heavy atom. The van der Waals surface area contributed by atoms with Crippen molar-refractivity contribution in [2.24, 2.45) is 10.8 Å². The number of hydrogen-bond acceptors (Lipinski definition) is 0. The van der Waals surface area contributed by atoms with Crippen molar-refractivity contribution in [2.45, 2.75) is 54.4 Å². The van der Waals surface area contributed by atoms with Crippen molar-refractivity contribution < 1.29 is 50.7 Å². The first-order chi connectivity index (χ1) is 8.21. The summed E-state index contributed by atoms with van der Waals surface area (Å²) >= 11 is 0. The van der Waals surface area contributed by atoms with Crippen LogP contribution in [0.5, 0.6) is 0 Å². The molecule has 0 radical (unpaired) electrons. The second kappa shape index (κ2) is 11.0.